The van der Waals surface area contributed by atoms with Gasteiger partial charge in [0.25, 0.3) is 0 Å². The van der Waals surface area contributed by atoms with Crippen molar-refractivity contribution in [2.45, 2.75) is 50.9 Å². The van der Waals surface area contributed by atoms with E-state index in [0.29, 0.717) is 12.2 Å². The Morgan fingerprint density at radius 3 is 2.65 bits per heavy atom. The number of aromatic nitrogens is 3. The minimum Gasteiger partial charge on any atom is -0.464 e. The summed E-state index contributed by atoms with van der Waals surface area (Å²) in [7, 11) is 2.83. The number of carbonyl (C=O) groups excluding carboxylic acids is 1. The number of carbonyl (C=O) groups is 1. The zero-order valence-corrected chi connectivity index (χ0v) is 12.0. The molecule has 0 saturated heterocycles. The van der Waals surface area contributed by atoms with Crippen LogP contribution >= 0.6 is 0 Å². The second kappa shape index (κ2) is 6.32. The Hall–Kier alpha value is -1.47. The van der Waals surface area contributed by atoms with E-state index in [1.807, 2.05) is 0 Å². The molecule has 0 spiro atoms. The molecule has 0 aromatic carbocycles. The zero-order chi connectivity index (χ0) is 14.6. The molecule has 7 nitrogen and oxygen atoms in total. The van der Waals surface area contributed by atoms with Gasteiger partial charge in [-0.25, -0.2) is 9.48 Å². The highest BCUT2D eigenvalue weighted by atomic mass is 16.5. The van der Waals surface area contributed by atoms with Crippen LogP contribution in [0.5, 0.6) is 0 Å². The summed E-state index contributed by atoms with van der Waals surface area (Å²) >= 11 is 0. The predicted octanol–water partition coefficient (Wildman–Crippen LogP) is 0.906. The average Bonchev–Trinajstić information content (AvgIpc) is 2.82. The van der Waals surface area contributed by atoms with Crippen LogP contribution in [0.25, 0.3) is 0 Å². The number of rotatable bonds is 5. The summed E-state index contributed by atoms with van der Waals surface area (Å²) in [5.74, 6) is -0.543. The molecule has 1 N–H and O–H groups in total. The largest absolute Gasteiger partial charge is 0.464 e. The van der Waals surface area contributed by atoms with Crippen molar-refractivity contribution in [2.75, 3.05) is 14.2 Å². The first-order valence-corrected chi connectivity index (χ1v) is 6.81. The van der Waals surface area contributed by atoms with Gasteiger partial charge in [-0.1, -0.05) is 24.5 Å². The topological polar surface area (TPSA) is 86.5 Å². The number of methoxy groups -OCH3 is 2. The van der Waals surface area contributed by atoms with Crippen LogP contribution in [0.15, 0.2) is 0 Å². The molecule has 1 aromatic heterocycles. The van der Waals surface area contributed by atoms with Gasteiger partial charge in [-0.2, -0.15) is 0 Å². The van der Waals surface area contributed by atoms with Crippen molar-refractivity contribution in [1.29, 1.82) is 0 Å². The minimum absolute atomic E-state index is 0.147. The number of ether oxygens (including phenoxy) is 2. The SMILES string of the molecule is COCc1c(C(=O)OC)nnn1CC1(O)CCCCC1. The molecule has 1 aliphatic rings. The molecule has 2 rings (SSSR count). The highest BCUT2D eigenvalue weighted by Crippen LogP contribution is 2.29. The molecule has 1 saturated carbocycles. The monoisotopic (exact) mass is 283 g/mol. The van der Waals surface area contributed by atoms with Gasteiger partial charge in [0.1, 0.15) is 0 Å². The number of aliphatic hydroxyl groups is 1. The molecule has 1 aliphatic carbocycles. The highest BCUT2D eigenvalue weighted by Gasteiger charge is 2.32. The number of hydrogen-bond acceptors (Lipinski definition) is 6. The van der Waals surface area contributed by atoms with Crippen LogP contribution in [0.4, 0.5) is 0 Å². The van der Waals surface area contributed by atoms with Crippen LogP contribution in [0.2, 0.25) is 0 Å². The summed E-state index contributed by atoms with van der Waals surface area (Å²) in [5, 5.41) is 18.4. The van der Waals surface area contributed by atoms with Crippen LogP contribution in [-0.2, 0) is 22.6 Å². The van der Waals surface area contributed by atoms with Gasteiger partial charge >= 0.3 is 5.97 Å². The van der Waals surface area contributed by atoms with Gasteiger partial charge in [-0.05, 0) is 12.8 Å². The summed E-state index contributed by atoms with van der Waals surface area (Å²) in [6.07, 6.45) is 4.65. The molecule has 0 amide bonds. The summed E-state index contributed by atoms with van der Waals surface area (Å²) in [4.78, 5) is 11.6. The van der Waals surface area contributed by atoms with Gasteiger partial charge < -0.3 is 14.6 Å². The summed E-state index contributed by atoms with van der Waals surface area (Å²) in [5.41, 5.74) is -0.0888. The van der Waals surface area contributed by atoms with Gasteiger partial charge in [-0.3, -0.25) is 0 Å². The third kappa shape index (κ3) is 3.16. The molecule has 1 fully saturated rings. The molecular weight excluding hydrogens is 262 g/mol. The van der Waals surface area contributed by atoms with E-state index in [-0.39, 0.29) is 12.3 Å². The lowest BCUT2D eigenvalue weighted by molar-refractivity contribution is -0.0163. The van der Waals surface area contributed by atoms with Crippen LogP contribution in [0.3, 0.4) is 0 Å². The minimum atomic E-state index is -0.776. The lowest BCUT2D eigenvalue weighted by Crippen LogP contribution is -2.37. The van der Waals surface area contributed by atoms with Crippen molar-refractivity contribution >= 4 is 5.97 Å². The smallest absolute Gasteiger partial charge is 0.360 e. The standard InChI is InChI=1S/C13H21N3O4/c1-19-8-10-11(12(17)20-2)14-15-16(10)9-13(18)6-4-3-5-7-13/h18H,3-9H2,1-2H3. The quantitative estimate of drug-likeness (QED) is 0.808. The lowest BCUT2D eigenvalue weighted by atomic mass is 9.85. The van der Waals surface area contributed by atoms with Crippen molar-refractivity contribution in [3.63, 3.8) is 0 Å². The van der Waals surface area contributed by atoms with Gasteiger partial charge in [0.15, 0.2) is 5.69 Å². The Kier molecular flexibility index (Phi) is 4.72. The van der Waals surface area contributed by atoms with Crippen LogP contribution in [0, 0.1) is 0 Å². The maximum absolute atomic E-state index is 11.6. The molecule has 1 aromatic rings. The molecule has 112 valence electrons. The number of esters is 1. The third-order valence-corrected chi connectivity index (χ3v) is 3.73. The molecule has 7 heteroatoms. The normalized spacial score (nSPS) is 17.9. The van der Waals surface area contributed by atoms with Gasteiger partial charge in [-0.15, -0.1) is 5.10 Å². The Labute approximate surface area is 117 Å². The fourth-order valence-corrected chi connectivity index (χ4v) is 2.64. The number of hydrogen-bond donors (Lipinski definition) is 1. The fourth-order valence-electron chi connectivity index (χ4n) is 2.64. The maximum Gasteiger partial charge on any atom is 0.360 e. The fraction of sp³-hybridized carbons (Fsp3) is 0.769. The van der Waals surface area contributed by atoms with E-state index >= 15 is 0 Å². The van der Waals surface area contributed by atoms with E-state index in [1.165, 1.54) is 14.2 Å². The van der Waals surface area contributed by atoms with Crippen molar-refractivity contribution in [3.05, 3.63) is 11.4 Å². The Morgan fingerprint density at radius 2 is 2.05 bits per heavy atom. The first-order valence-electron chi connectivity index (χ1n) is 6.81. The van der Waals surface area contributed by atoms with E-state index in [1.54, 1.807) is 4.68 Å². The molecule has 0 radical (unpaired) electrons. The van der Waals surface area contributed by atoms with Crippen molar-refractivity contribution in [1.82, 2.24) is 15.0 Å². The average molecular weight is 283 g/mol. The van der Waals surface area contributed by atoms with Gasteiger partial charge in [0.05, 0.1) is 31.6 Å². The van der Waals surface area contributed by atoms with Crippen molar-refractivity contribution in [2.24, 2.45) is 0 Å². The van der Waals surface area contributed by atoms with E-state index in [9.17, 15) is 9.90 Å². The molecule has 0 unspecified atom stereocenters. The Bertz CT molecular complexity index is 466. The Balaban J connectivity index is 2.22. The van der Waals surface area contributed by atoms with Crippen molar-refractivity contribution in [3.8, 4) is 0 Å². The van der Waals surface area contributed by atoms with E-state index in [2.05, 4.69) is 15.0 Å². The second-order valence-corrected chi connectivity index (χ2v) is 5.25. The Morgan fingerprint density at radius 1 is 1.35 bits per heavy atom. The molecule has 1 heterocycles. The second-order valence-electron chi connectivity index (χ2n) is 5.25. The van der Waals surface area contributed by atoms with Crippen molar-refractivity contribution < 1.29 is 19.4 Å². The third-order valence-electron chi connectivity index (χ3n) is 3.73. The summed E-state index contributed by atoms with van der Waals surface area (Å²) in [6.45, 7) is 0.531. The first-order chi connectivity index (χ1) is 9.59. The maximum atomic E-state index is 11.6. The zero-order valence-electron chi connectivity index (χ0n) is 12.0. The van der Waals surface area contributed by atoms with Crippen LogP contribution in [-0.4, -0.2) is 45.9 Å². The van der Waals surface area contributed by atoms with E-state index in [4.69, 9.17) is 4.74 Å². The molecule has 0 aliphatic heterocycles. The lowest BCUT2D eigenvalue weighted by Gasteiger charge is -2.32. The summed E-state index contributed by atoms with van der Waals surface area (Å²) < 4.78 is 11.3. The van der Waals surface area contributed by atoms with E-state index < -0.39 is 11.6 Å². The molecule has 20 heavy (non-hydrogen) atoms. The summed E-state index contributed by atoms with van der Waals surface area (Å²) in [6, 6.07) is 0. The number of nitrogens with zero attached hydrogens (tertiary/aromatic N) is 3. The molecule has 0 bridgehead atoms. The van der Waals surface area contributed by atoms with Crippen LogP contribution in [0.1, 0.15) is 48.3 Å². The highest BCUT2D eigenvalue weighted by molar-refractivity contribution is 5.88. The van der Waals surface area contributed by atoms with E-state index in [0.717, 1.165) is 32.1 Å². The van der Waals surface area contributed by atoms with Gasteiger partial charge in [0.2, 0.25) is 0 Å². The predicted molar refractivity (Wildman–Crippen MR) is 70.1 cm³/mol. The molecular formula is C13H21N3O4. The molecule has 0 atom stereocenters. The first kappa shape index (κ1) is 14.9. The van der Waals surface area contributed by atoms with Crippen LogP contribution < -0.4 is 0 Å². The van der Waals surface area contributed by atoms with Gasteiger partial charge in [0, 0.05) is 7.11 Å².